The predicted octanol–water partition coefficient (Wildman–Crippen LogP) is 4.45. The second-order valence-electron chi connectivity index (χ2n) is 7.89. The quantitative estimate of drug-likeness (QED) is 0.414. The average Bonchev–Trinajstić information content (AvgIpc) is 2.92. The second-order valence-corrected chi connectivity index (χ2v) is 8.89. The highest BCUT2D eigenvalue weighted by Crippen LogP contribution is 2.33. The van der Waals surface area contributed by atoms with Gasteiger partial charge in [-0.2, -0.15) is 13.2 Å². The Morgan fingerprint density at radius 1 is 1.24 bits per heavy atom. The molecule has 8 nitrogen and oxygen atoms in total. The van der Waals surface area contributed by atoms with Crippen molar-refractivity contribution in [1.29, 1.82) is 0 Å². The van der Waals surface area contributed by atoms with Gasteiger partial charge in [-0.3, -0.25) is 0 Å². The number of nitrogens with zero attached hydrogens (tertiary/aromatic N) is 2. The Bertz CT molecular complexity index is 981. The zero-order valence-corrected chi connectivity index (χ0v) is 19.6. The smallest absolute Gasteiger partial charge is 0.475 e. The number of thiophene rings is 1. The molecule has 0 radical (unpaired) electrons. The molecular formula is C21H29F3N4O4S. The number of hydrogen-bond acceptors (Lipinski definition) is 8. The van der Waals surface area contributed by atoms with E-state index < -0.39 is 12.1 Å². The number of aliphatic carboxylic acids is 1. The molecule has 1 fully saturated rings. The summed E-state index contributed by atoms with van der Waals surface area (Å²) in [6, 6.07) is 0.498. The van der Waals surface area contributed by atoms with Crippen LogP contribution in [-0.4, -0.2) is 45.8 Å². The first-order chi connectivity index (χ1) is 15.5. The van der Waals surface area contributed by atoms with Gasteiger partial charge < -0.3 is 20.9 Å². The van der Waals surface area contributed by atoms with Crippen molar-refractivity contribution >= 4 is 39.3 Å². The number of rotatable bonds is 5. The number of carbonyl (C=O) groups is 2. The third-order valence-corrected chi connectivity index (χ3v) is 6.62. The Morgan fingerprint density at radius 3 is 2.48 bits per heavy atom. The van der Waals surface area contributed by atoms with E-state index in [4.69, 9.17) is 20.4 Å². The van der Waals surface area contributed by atoms with Gasteiger partial charge >= 0.3 is 18.1 Å². The molecule has 0 saturated heterocycles. The number of esters is 1. The highest BCUT2D eigenvalue weighted by Gasteiger charge is 2.38. The number of alkyl halides is 3. The van der Waals surface area contributed by atoms with Gasteiger partial charge in [0.1, 0.15) is 21.3 Å². The van der Waals surface area contributed by atoms with Gasteiger partial charge in [-0.05, 0) is 38.2 Å². The molecule has 0 spiro atoms. The summed E-state index contributed by atoms with van der Waals surface area (Å²) in [5.74, 6) is -1.29. The van der Waals surface area contributed by atoms with E-state index in [0.29, 0.717) is 41.6 Å². The van der Waals surface area contributed by atoms with Crippen LogP contribution < -0.4 is 11.1 Å². The molecule has 2 unspecified atom stereocenters. The van der Waals surface area contributed by atoms with Crippen molar-refractivity contribution in [3.05, 3.63) is 16.3 Å². The van der Waals surface area contributed by atoms with Crippen LogP contribution in [0.25, 0.3) is 10.2 Å². The zero-order valence-electron chi connectivity index (χ0n) is 18.8. The second kappa shape index (κ2) is 11.6. The summed E-state index contributed by atoms with van der Waals surface area (Å²) in [5.41, 5.74) is 6.99. The van der Waals surface area contributed by atoms with E-state index in [-0.39, 0.29) is 5.97 Å². The van der Waals surface area contributed by atoms with Gasteiger partial charge in [0, 0.05) is 6.04 Å². The number of nitrogens with two attached hydrogens (primary N) is 1. The van der Waals surface area contributed by atoms with Crippen molar-refractivity contribution in [3.63, 3.8) is 0 Å². The van der Waals surface area contributed by atoms with Crippen molar-refractivity contribution in [3.8, 4) is 0 Å². The highest BCUT2D eigenvalue weighted by atomic mass is 32.1. The van der Waals surface area contributed by atoms with Crippen LogP contribution in [-0.2, 0) is 16.1 Å². The number of nitrogens with one attached hydrogen (secondary N) is 1. The lowest BCUT2D eigenvalue weighted by Gasteiger charge is -2.22. The number of aryl methyl sites for hydroxylation is 1. The van der Waals surface area contributed by atoms with E-state index in [1.165, 1.54) is 43.4 Å². The van der Waals surface area contributed by atoms with Gasteiger partial charge in [0.25, 0.3) is 0 Å². The summed E-state index contributed by atoms with van der Waals surface area (Å²) in [4.78, 5) is 31.5. The van der Waals surface area contributed by atoms with Crippen LogP contribution in [0.15, 0.2) is 0 Å². The first-order valence-electron chi connectivity index (χ1n) is 10.7. The fourth-order valence-corrected chi connectivity index (χ4v) is 4.81. The Morgan fingerprint density at radius 2 is 1.88 bits per heavy atom. The van der Waals surface area contributed by atoms with Crippen LogP contribution in [0.5, 0.6) is 0 Å². The minimum Gasteiger partial charge on any atom is -0.475 e. The number of aromatic nitrogens is 2. The Hall–Kier alpha value is -2.47. The van der Waals surface area contributed by atoms with E-state index in [1.807, 2.05) is 6.92 Å². The molecule has 1 aliphatic rings. The highest BCUT2D eigenvalue weighted by molar-refractivity contribution is 7.20. The first-order valence-corrected chi connectivity index (χ1v) is 11.5. The molecule has 0 aliphatic heterocycles. The van der Waals surface area contributed by atoms with Crippen LogP contribution in [0.3, 0.4) is 0 Å². The van der Waals surface area contributed by atoms with E-state index >= 15 is 0 Å². The number of halogens is 3. The van der Waals surface area contributed by atoms with Gasteiger partial charge in [-0.25, -0.2) is 19.6 Å². The predicted molar refractivity (Wildman–Crippen MR) is 119 cm³/mol. The third-order valence-electron chi connectivity index (χ3n) is 5.45. The molecule has 33 heavy (non-hydrogen) atoms. The molecule has 0 aromatic carbocycles. The van der Waals surface area contributed by atoms with Gasteiger partial charge in [-0.1, -0.05) is 26.2 Å². The standard InChI is InChI=1S/C19H28N4O2S.C2HF3O2/c1-4-25-19(24)16-12(3)15-17(20)22-14(23-18(15)26-16)10-21-13-9-7-5-6-8-11(13)2;3-2(4,5)1(6)7/h11,13,21H,4-10H2,1-3H3,(H2,20,22,23);(H,6,7). The number of carboxylic acids is 1. The zero-order chi connectivity index (χ0) is 24.8. The minimum atomic E-state index is -5.08. The molecule has 2 heterocycles. The summed E-state index contributed by atoms with van der Waals surface area (Å²) < 4.78 is 36.9. The van der Waals surface area contributed by atoms with E-state index in [0.717, 1.165) is 15.8 Å². The molecule has 12 heteroatoms. The van der Waals surface area contributed by atoms with Crippen molar-refractivity contribution in [1.82, 2.24) is 15.3 Å². The molecular weight excluding hydrogens is 461 g/mol. The molecule has 1 saturated carbocycles. The van der Waals surface area contributed by atoms with Crippen molar-refractivity contribution < 1.29 is 32.6 Å². The lowest BCUT2D eigenvalue weighted by molar-refractivity contribution is -0.192. The van der Waals surface area contributed by atoms with E-state index in [2.05, 4.69) is 22.2 Å². The molecule has 2 aromatic heterocycles. The Labute approximate surface area is 193 Å². The molecule has 4 N–H and O–H groups in total. The largest absolute Gasteiger partial charge is 0.490 e. The minimum absolute atomic E-state index is 0.320. The molecule has 2 atom stereocenters. The van der Waals surface area contributed by atoms with E-state index in [1.54, 1.807) is 6.92 Å². The molecule has 0 bridgehead atoms. The third kappa shape index (κ3) is 7.26. The number of fused-ring (bicyclic) bond motifs is 1. The summed E-state index contributed by atoms with van der Waals surface area (Å²) in [6.07, 6.45) is 1.30. The molecule has 184 valence electrons. The lowest BCUT2D eigenvalue weighted by Crippen LogP contribution is -2.34. The molecule has 1 aliphatic carbocycles. The molecule has 3 rings (SSSR count). The number of carboxylic acid groups (broad SMARTS) is 1. The monoisotopic (exact) mass is 490 g/mol. The summed E-state index contributed by atoms with van der Waals surface area (Å²) in [5, 5.41) is 11.5. The number of ether oxygens (including phenoxy) is 1. The summed E-state index contributed by atoms with van der Waals surface area (Å²) in [7, 11) is 0. The fourth-order valence-electron chi connectivity index (χ4n) is 3.70. The van der Waals surface area contributed by atoms with Crippen LogP contribution in [0, 0.1) is 12.8 Å². The molecule has 0 amide bonds. The normalized spacial score (nSPS) is 18.8. The SMILES string of the molecule is CCOC(=O)c1sc2nc(CNC3CCCCCC3C)nc(N)c2c1C.O=C(O)C(F)(F)F. The van der Waals surface area contributed by atoms with Gasteiger partial charge in [0.2, 0.25) is 0 Å². The van der Waals surface area contributed by atoms with Gasteiger partial charge in [0.05, 0.1) is 18.5 Å². The van der Waals surface area contributed by atoms with Crippen LogP contribution in [0.1, 0.15) is 67.0 Å². The fraction of sp³-hybridized carbons (Fsp3) is 0.619. The van der Waals surface area contributed by atoms with Crippen LogP contribution in [0.2, 0.25) is 0 Å². The van der Waals surface area contributed by atoms with Crippen LogP contribution >= 0.6 is 11.3 Å². The Balaban J connectivity index is 0.000000479. The van der Waals surface area contributed by atoms with Gasteiger partial charge in [0.15, 0.2) is 0 Å². The van der Waals surface area contributed by atoms with Gasteiger partial charge in [-0.15, -0.1) is 11.3 Å². The lowest BCUT2D eigenvalue weighted by atomic mass is 9.97. The van der Waals surface area contributed by atoms with Crippen LogP contribution in [0.4, 0.5) is 19.0 Å². The molecule has 2 aromatic rings. The number of carbonyl (C=O) groups excluding carboxylic acids is 1. The number of hydrogen-bond donors (Lipinski definition) is 3. The van der Waals surface area contributed by atoms with Crippen molar-refractivity contribution in [2.45, 2.75) is 71.6 Å². The van der Waals surface area contributed by atoms with E-state index in [9.17, 15) is 18.0 Å². The maximum atomic E-state index is 12.1. The number of anilines is 1. The average molecular weight is 491 g/mol. The Kier molecular flexibility index (Phi) is 9.41. The maximum Gasteiger partial charge on any atom is 0.490 e. The number of nitrogen functional groups attached to an aromatic ring is 1. The first kappa shape index (κ1) is 26.8. The maximum absolute atomic E-state index is 12.1. The van der Waals surface area contributed by atoms with Crippen molar-refractivity contribution in [2.24, 2.45) is 5.92 Å². The van der Waals surface area contributed by atoms with Crippen molar-refractivity contribution in [2.75, 3.05) is 12.3 Å². The summed E-state index contributed by atoms with van der Waals surface area (Å²) >= 11 is 1.33. The topological polar surface area (TPSA) is 127 Å². The summed E-state index contributed by atoms with van der Waals surface area (Å²) in [6.45, 7) is 6.93.